The molecule has 3 aliphatic rings. The first-order valence-corrected chi connectivity index (χ1v) is 28.6. The van der Waals surface area contributed by atoms with Crippen LogP contribution in [-0.4, -0.2) is 150 Å². The monoisotopic (exact) mass is 1190 g/mol. The molecule has 3 saturated heterocycles. The molecule has 7 heterocycles. The lowest BCUT2D eigenvalue weighted by Gasteiger charge is -2.39. The van der Waals surface area contributed by atoms with Crippen LogP contribution in [0.5, 0.6) is 29.0 Å². The molecule has 0 spiro atoms. The van der Waals surface area contributed by atoms with Crippen molar-refractivity contribution in [2.24, 2.45) is 11.5 Å². The number of nitrogens with zero attached hydrogens (tertiary/aromatic N) is 11. The van der Waals surface area contributed by atoms with Gasteiger partial charge in [0.1, 0.15) is 11.6 Å². The van der Waals surface area contributed by atoms with Crippen molar-refractivity contribution in [3.8, 4) is 29.0 Å². The van der Waals surface area contributed by atoms with Crippen LogP contribution in [0.2, 0.25) is 5.02 Å². The largest absolute Gasteiger partial charge is 0.424 e. The third-order valence-electron chi connectivity index (χ3n) is 14.3. The highest BCUT2D eigenvalue weighted by Crippen LogP contribution is 2.25. The molecule has 3 fully saturated rings. The second-order valence-electron chi connectivity index (χ2n) is 21.6. The molecule has 4 N–H and O–H groups in total. The van der Waals surface area contributed by atoms with E-state index >= 15 is 0 Å². The van der Waals surface area contributed by atoms with Crippen molar-refractivity contribution in [3.05, 3.63) is 204 Å². The number of halogens is 2. The van der Waals surface area contributed by atoms with E-state index in [0.29, 0.717) is 95.8 Å². The zero-order valence-electron chi connectivity index (χ0n) is 49.1. The number of piperazine rings is 3. The number of hydrogen-bond acceptors (Lipinski definition) is 17. The van der Waals surface area contributed by atoms with E-state index in [2.05, 4.69) is 90.0 Å². The number of aromatic nitrogens is 5. The number of aryl methyl sites for hydroxylation is 2. The second-order valence-corrected chi connectivity index (χ2v) is 22.0. The maximum atomic E-state index is 13.5. The Labute approximate surface area is 506 Å². The fourth-order valence-electron chi connectivity index (χ4n) is 10.1. The number of rotatable bonds is 13. The number of hydrogen-bond donors (Lipinski definition) is 2. The summed E-state index contributed by atoms with van der Waals surface area (Å²) in [5.41, 5.74) is 18.8. The van der Waals surface area contributed by atoms with Crippen molar-refractivity contribution in [2.75, 3.05) is 58.9 Å². The summed E-state index contributed by atoms with van der Waals surface area (Å²) in [7, 11) is 0. The summed E-state index contributed by atoms with van der Waals surface area (Å²) in [4.78, 5) is 70.1. The maximum Gasteiger partial charge on any atom is 0.415 e. The summed E-state index contributed by atoms with van der Waals surface area (Å²) >= 11 is 5.92. The average molecular weight is 1190 g/mol. The SMILES string of the molecule is C=C(N)c1cncc(OC(=O)N2CCN(Cc3cc(F)cc(Cl)c3)C[C@H]2C)c1.C=C(N)c1cncc(OC(=O)N2CCN(Cc3cccc(C)c3)C[C@H]2C)c1.Cc1cncc(OC(=O)N2CCN(Cc3cccc(Oc4ncccn4)c3)C[C@H]2C)c1. The summed E-state index contributed by atoms with van der Waals surface area (Å²) in [6, 6.07) is 28.2. The number of pyridine rings is 3. The molecule has 4 aromatic heterocycles. The topological polar surface area (TPSA) is 224 Å². The molecule has 3 aliphatic heterocycles. The number of carbonyl (C=O) groups excluding carboxylic acids is 3. The molecule has 3 atom stereocenters. The summed E-state index contributed by atoms with van der Waals surface area (Å²) in [5.74, 6) is 1.51. The molecule has 0 aliphatic carbocycles. The van der Waals surface area contributed by atoms with Crippen LogP contribution in [0.3, 0.4) is 0 Å². The van der Waals surface area contributed by atoms with Crippen LogP contribution in [0.25, 0.3) is 11.4 Å². The minimum Gasteiger partial charge on any atom is -0.424 e. The van der Waals surface area contributed by atoms with E-state index in [1.165, 1.54) is 35.7 Å². The standard InChI is InChI=1S/C23H25N5O3.C21H26N4O2.C20H22ClFN4O2/c1-17-11-21(14-24-13-17)31-23(29)28-10-9-27(15-18(28)2)16-19-5-3-6-20(12-19)30-22-25-7-4-8-26-22;1-15-5-4-6-18(9-15)14-24-7-8-25(16(2)13-24)21(26)27-20-10-19(17(3)22)11-23-12-20;1-13-11-25(12-15-5-17(21)8-18(22)6-15)3-4-26(13)20(27)28-19-7-16(14(2)23)9-24-10-19/h3-8,11-14,18H,9-10,15-16H2,1-2H3;4-6,9-12,16H,3,7-8,13-14,22H2,1-2H3;5-10,13H,2-4,11-12,23H2,1H3/t18-;16-;13-/m111/s1. The molecule has 7 aromatic rings. The normalized spacial score (nSPS) is 17.2. The molecule has 0 radical (unpaired) electrons. The van der Waals surface area contributed by atoms with Crippen LogP contribution in [0.4, 0.5) is 18.8 Å². The van der Waals surface area contributed by atoms with E-state index in [0.717, 1.165) is 56.0 Å². The first-order chi connectivity index (χ1) is 41.3. The number of ether oxygens (including phenoxy) is 4. The van der Waals surface area contributed by atoms with Gasteiger partial charge in [-0.3, -0.25) is 29.7 Å². The van der Waals surface area contributed by atoms with Crippen LogP contribution in [-0.2, 0) is 19.6 Å². The van der Waals surface area contributed by atoms with E-state index in [9.17, 15) is 18.8 Å². The number of amides is 3. The van der Waals surface area contributed by atoms with Gasteiger partial charge in [0.25, 0.3) is 0 Å². The van der Waals surface area contributed by atoms with Gasteiger partial charge in [0.05, 0.1) is 18.6 Å². The fourth-order valence-corrected chi connectivity index (χ4v) is 10.4. The van der Waals surface area contributed by atoms with Gasteiger partial charge in [0.2, 0.25) is 0 Å². The van der Waals surface area contributed by atoms with Crippen molar-refractivity contribution in [2.45, 2.75) is 72.4 Å². The van der Waals surface area contributed by atoms with Crippen molar-refractivity contribution in [1.82, 2.24) is 54.3 Å². The second kappa shape index (κ2) is 30.2. The van der Waals surface area contributed by atoms with Crippen LogP contribution in [0.1, 0.15) is 59.7 Å². The Morgan fingerprint density at radius 3 is 1.44 bits per heavy atom. The highest BCUT2D eigenvalue weighted by Gasteiger charge is 2.32. The smallest absolute Gasteiger partial charge is 0.415 e. The zero-order chi connectivity index (χ0) is 61.3. The highest BCUT2D eigenvalue weighted by molar-refractivity contribution is 6.30. The van der Waals surface area contributed by atoms with Crippen molar-refractivity contribution >= 4 is 41.3 Å². The zero-order valence-corrected chi connectivity index (χ0v) is 49.9. The Hall–Kier alpha value is -9.02. The third-order valence-corrected chi connectivity index (χ3v) is 14.6. The van der Waals surface area contributed by atoms with E-state index in [1.807, 2.05) is 45.9 Å². The van der Waals surface area contributed by atoms with Gasteiger partial charge >= 0.3 is 24.3 Å². The number of benzene rings is 3. The lowest BCUT2D eigenvalue weighted by Crippen LogP contribution is -2.54. The van der Waals surface area contributed by atoms with Gasteiger partial charge in [-0.05, 0) is 111 Å². The molecule has 20 nitrogen and oxygen atoms in total. The third kappa shape index (κ3) is 18.7. The molecule has 3 aromatic carbocycles. The summed E-state index contributed by atoms with van der Waals surface area (Å²) in [6.45, 7) is 25.7. The molecule has 0 unspecified atom stereocenters. The van der Waals surface area contributed by atoms with Gasteiger partial charge in [0.15, 0.2) is 17.2 Å². The van der Waals surface area contributed by atoms with Gasteiger partial charge in [-0.2, -0.15) is 0 Å². The first kappa shape index (κ1) is 63.0. The molecule has 0 saturated carbocycles. The number of nitrogens with two attached hydrogens (primary N) is 2. The number of carbonyl (C=O) groups is 3. The van der Waals surface area contributed by atoms with Crippen molar-refractivity contribution < 1.29 is 37.7 Å². The first-order valence-electron chi connectivity index (χ1n) is 28.2. The minimum absolute atomic E-state index is 0.0381. The maximum absolute atomic E-state index is 13.5. The van der Waals surface area contributed by atoms with E-state index in [1.54, 1.807) is 82.2 Å². The summed E-state index contributed by atoms with van der Waals surface area (Å²) in [5, 5.41) is 0.376. The lowest BCUT2D eigenvalue weighted by molar-refractivity contribution is 0.0746. The van der Waals surface area contributed by atoms with E-state index in [4.69, 9.17) is 42.0 Å². The lowest BCUT2D eigenvalue weighted by atomic mass is 10.1. The van der Waals surface area contributed by atoms with Gasteiger partial charge in [-0.1, -0.05) is 66.7 Å². The van der Waals surface area contributed by atoms with Crippen molar-refractivity contribution in [1.29, 1.82) is 0 Å². The van der Waals surface area contributed by atoms with Crippen LogP contribution >= 0.6 is 11.6 Å². The predicted molar refractivity (Wildman–Crippen MR) is 327 cm³/mol. The van der Waals surface area contributed by atoms with Gasteiger partial charge < -0.3 is 45.1 Å². The van der Waals surface area contributed by atoms with Crippen molar-refractivity contribution in [3.63, 3.8) is 0 Å². The van der Waals surface area contributed by atoms with Gasteiger partial charge in [-0.15, -0.1) is 0 Å². The molecule has 22 heteroatoms. The van der Waals surface area contributed by atoms with Gasteiger partial charge in [-0.25, -0.2) is 28.7 Å². The summed E-state index contributed by atoms with van der Waals surface area (Å²) in [6.07, 6.45) is 11.5. The molecule has 86 heavy (non-hydrogen) atoms. The fraction of sp³-hybridized carbons (Fsp3) is 0.312. The Kier molecular flexibility index (Phi) is 22.1. The average Bonchev–Trinajstić information content (AvgIpc) is 3.22. The molecule has 10 rings (SSSR count). The predicted octanol–water partition coefficient (Wildman–Crippen LogP) is 10.2. The molecule has 450 valence electrons. The van der Waals surface area contributed by atoms with Crippen LogP contribution in [0, 0.1) is 19.7 Å². The highest BCUT2D eigenvalue weighted by atomic mass is 35.5. The Balaban J connectivity index is 0.000000168. The molecule has 3 amide bonds. The molecule has 0 bridgehead atoms. The Morgan fingerprint density at radius 1 is 0.535 bits per heavy atom. The van der Waals surface area contributed by atoms with Crippen LogP contribution in [0.15, 0.2) is 154 Å². The molecular weight excluding hydrogens is 1120 g/mol. The van der Waals surface area contributed by atoms with Crippen LogP contribution < -0.4 is 30.4 Å². The van der Waals surface area contributed by atoms with E-state index in [-0.39, 0.29) is 36.1 Å². The van der Waals surface area contributed by atoms with E-state index < -0.39 is 6.09 Å². The Morgan fingerprint density at radius 2 is 0.988 bits per heavy atom. The molecular formula is C64H73ClFN13O7. The summed E-state index contributed by atoms with van der Waals surface area (Å²) < 4.78 is 35.7. The quantitative estimate of drug-likeness (QED) is 0.110. The minimum atomic E-state index is -0.442. The Bertz CT molecular complexity index is 3450. The van der Waals surface area contributed by atoms with Gasteiger partial charge in [0, 0.05) is 155 Å².